The Kier molecular flexibility index (Phi) is 15.0. The Morgan fingerprint density at radius 2 is 1.21 bits per heavy atom. The molecule has 0 saturated carbocycles. The van der Waals surface area contributed by atoms with E-state index in [4.69, 9.17) is 24.7 Å². The highest BCUT2D eigenvalue weighted by atomic mass is 16.5. The number of allylic oxidation sites excluding steroid dienone is 4. The van der Waals surface area contributed by atoms with E-state index in [0.29, 0.717) is 96.9 Å². The first-order valence-corrected chi connectivity index (χ1v) is 27.5. The molecule has 0 radical (unpaired) electrons. The van der Waals surface area contributed by atoms with Gasteiger partial charge in [-0.15, -0.1) is 0 Å². The van der Waals surface area contributed by atoms with E-state index in [-0.39, 0.29) is 21.2 Å². The van der Waals surface area contributed by atoms with E-state index >= 15 is 0 Å². The molecule has 0 aliphatic carbocycles. The summed E-state index contributed by atoms with van der Waals surface area (Å²) in [6, 6.07) is 25.7. The van der Waals surface area contributed by atoms with Crippen molar-refractivity contribution in [2.24, 2.45) is 0 Å². The summed E-state index contributed by atoms with van der Waals surface area (Å²) in [5.41, 5.74) is 5.92. The van der Waals surface area contributed by atoms with Gasteiger partial charge in [0, 0.05) is 85.1 Å². The molecule has 12 rings (SSSR count). The van der Waals surface area contributed by atoms with Crippen molar-refractivity contribution in [3.8, 4) is 11.6 Å². The standard InChI is InChI=1S/C30H36N8O3.C29H34N8O2/c1-30(40)12-5-4-6-13-37-28(39)23-19-31-29(34-27(23)38(37)26-9-7-8-25(30)33-26)32-22-10-11-24(21(18-22)20-41-3)36-16-14-35(2)15-17-36;1-29(2)14-5-4-6-15-35-27(38)23-20-30-28(33-26(23)36(35)25-9-7-8-24(29)32-25)31-21-10-12-22(13-11-21)34-16-18-37(3,39)19-17-34/h4,6-11,18-19,40H,5,12-17,20H2,1-3H3,(H,31,32,34);4,6-13,20H,5,14-19H2,1-3H3,(H,30,31,33)/b2*6-4-/t30-;/m1./s1. The van der Waals surface area contributed by atoms with E-state index < -0.39 is 5.60 Å². The number of likely N-dealkylation sites (N-methyl/N-ethyl adjacent to an activating group) is 2. The lowest BCUT2D eigenvalue weighted by Gasteiger charge is -2.45. The summed E-state index contributed by atoms with van der Waals surface area (Å²) in [6.45, 7) is 14.0. The number of methoxy groups -OCH3 is 1. The fourth-order valence-corrected chi connectivity index (χ4v) is 10.8. The molecule has 416 valence electrons. The molecule has 4 bridgehead atoms. The van der Waals surface area contributed by atoms with Crippen molar-refractivity contribution in [1.82, 2.24) is 53.5 Å². The molecule has 0 spiro atoms. The van der Waals surface area contributed by atoms with E-state index in [2.05, 4.69) is 74.4 Å². The highest BCUT2D eigenvalue weighted by Crippen LogP contribution is 2.32. The average Bonchev–Trinajstić information content (AvgIpc) is 3.98. The first kappa shape index (κ1) is 53.9. The molecule has 10 heterocycles. The summed E-state index contributed by atoms with van der Waals surface area (Å²) < 4.78 is 12.1. The number of piperazine rings is 2. The van der Waals surface area contributed by atoms with Crippen LogP contribution in [0.25, 0.3) is 33.7 Å². The molecule has 3 N–H and O–H groups in total. The summed E-state index contributed by atoms with van der Waals surface area (Å²) in [6.07, 6.45) is 14.3. The van der Waals surface area contributed by atoms with Gasteiger partial charge in [-0.05, 0) is 106 Å². The Hall–Kier alpha value is -8.08. The minimum atomic E-state index is -1.10. The molecule has 4 aliphatic heterocycles. The van der Waals surface area contributed by atoms with Crippen LogP contribution in [0.15, 0.2) is 125 Å². The number of rotatable bonds is 8. The second kappa shape index (κ2) is 22.2. The van der Waals surface area contributed by atoms with Crippen LogP contribution in [0.3, 0.4) is 0 Å². The fraction of sp³-hybridized carbons (Fsp3) is 0.390. The molecular formula is C59H70N16O5. The van der Waals surface area contributed by atoms with E-state index in [9.17, 15) is 19.9 Å². The number of benzene rings is 2. The van der Waals surface area contributed by atoms with Gasteiger partial charge >= 0.3 is 0 Å². The number of aromatic nitrogens is 10. The Balaban J connectivity index is 0.000000169. The number of pyridine rings is 2. The second-order valence-corrected chi connectivity index (χ2v) is 22.3. The molecule has 8 aromatic rings. The van der Waals surface area contributed by atoms with Crippen LogP contribution in [0.2, 0.25) is 0 Å². The molecule has 6 aromatic heterocycles. The first-order chi connectivity index (χ1) is 38.5. The van der Waals surface area contributed by atoms with Crippen molar-refractivity contribution in [3.63, 3.8) is 0 Å². The zero-order chi connectivity index (χ0) is 55.8. The monoisotopic (exact) mass is 1080 g/mol. The van der Waals surface area contributed by atoms with Gasteiger partial charge in [0.05, 0.1) is 58.6 Å². The molecule has 0 unspecified atom stereocenters. The average molecular weight is 1080 g/mol. The number of hydrogen-bond donors (Lipinski definition) is 3. The molecule has 0 amide bonds. The van der Waals surface area contributed by atoms with Crippen LogP contribution in [0, 0.1) is 5.21 Å². The smallest absolute Gasteiger partial charge is 0.278 e. The van der Waals surface area contributed by atoms with Crippen LogP contribution < -0.4 is 31.6 Å². The van der Waals surface area contributed by atoms with Crippen LogP contribution in [-0.4, -0.2) is 137 Å². The number of nitrogens with zero attached hydrogens (tertiary/aromatic N) is 14. The van der Waals surface area contributed by atoms with Crippen molar-refractivity contribution < 1.29 is 14.5 Å². The third-order valence-electron chi connectivity index (χ3n) is 15.8. The number of ether oxygens (including phenoxy) is 1. The highest BCUT2D eigenvalue weighted by Gasteiger charge is 2.28. The molecular weight excluding hydrogens is 1010 g/mol. The Morgan fingerprint density at radius 3 is 1.81 bits per heavy atom. The van der Waals surface area contributed by atoms with Crippen LogP contribution in [0.5, 0.6) is 0 Å². The van der Waals surface area contributed by atoms with Crippen LogP contribution in [-0.2, 0) is 35.4 Å². The van der Waals surface area contributed by atoms with Gasteiger partial charge in [-0.2, -0.15) is 9.97 Å². The van der Waals surface area contributed by atoms with E-state index in [1.54, 1.807) is 47.5 Å². The zero-order valence-corrected chi connectivity index (χ0v) is 46.4. The van der Waals surface area contributed by atoms with Gasteiger partial charge in [0.25, 0.3) is 11.1 Å². The normalized spacial score (nSPS) is 19.9. The number of hydrogen-bond acceptors (Lipinski definition) is 16. The quantitative estimate of drug-likeness (QED) is 0.0773. The van der Waals surface area contributed by atoms with Gasteiger partial charge in [-0.1, -0.05) is 50.3 Å². The molecule has 80 heavy (non-hydrogen) atoms. The van der Waals surface area contributed by atoms with Gasteiger partial charge in [0.2, 0.25) is 11.9 Å². The minimum Gasteiger partial charge on any atom is -0.633 e. The van der Waals surface area contributed by atoms with Gasteiger partial charge in [0.1, 0.15) is 16.4 Å². The molecule has 21 nitrogen and oxygen atoms in total. The maximum absolute atomic E-state index is 13.4. The van der Waals surface area contributed by atoms with Crippen molar-refractivity contribution in [2.75, 3.05) is 94.0 Å². The predicted molar refractivity (Wildman–Crippen MR) is 313 cm³/mol. The fourth-order valence-electron chi connectivity index (χ4n) is 10.8. The van der Waals surface area contributed by atoms with Crippen molar-refractivity contribution in [1.29, 1.82) is 0 Å². The number of aliphatic hydroxyl groups is 1. The van der Waals surface area contributed by atoms with Gasteiger partial charge in [0.15, 0.2) is 22.9 Å². The summed E-state index contributed by atoms with van der Waals surface area (Å²) >= 11 is 0. The van der Waals surface area contributed by atoms with Crippen molar-refractivity contribution in [2.45, 2.75) is 77.2 Å². The zero-order valence-electron chi connectivity index (χ0n) is 46.4. The Bertz CT molecular complexity index is 3730. The molecule has 2 saturated heterocycles. The summed E-state index contributed by atoms with van der Waals surface area (Å²) in [4.78, 5) is 62.1. The van der Waals surface area contributed by atoms with Gasteiger partial charge in [-0.25, -0.2) is 38.7 Å². The summed E-state index contributed by atoms with van der Waals surface area (Å²) in [5.74, 6) is 1.93. The second-order valence-electron chi connectivity index (χ2n) is 22.3. The lowest BCUT2D eigenvalue weighted by molar-refractivity contribution is -0.861. The maximum Gasteiger partial charge on any atom is 0.278 e. The van der Waals surface area contributed by atoms with Crippen molar-refractivity contribution >= 4 is 56.7 Å². The number of hydroxylamine groups is 3. The first-order valence-electron chi connectivity index (χ1n) is 27.5. The number of anilines is 6. The summed E-state index contributed by atoms with van der Waals surface area (Å²) in [7, 11) is 5.58. The minimum absolute atomic E-state index is 0.103. The number of quaternary nitrogens is 1. The van der Waals surface area contributed by atoms with E-state index in [1.807, 2.05) is 89.6 Å². The lowest BCUT2D eigenvalue weighted by atomic mass is 9.84. The molecule has 2 fully saturated rings. The molecule has 21 heteroatoms. The summed E-state index contributed by atoms with van der Waals surface area (Å²) in [5, 5.41) is 30.7. The van der Waals surface area contributed by atoms with Crippen LogP contribution in [0.4, 0.5) is 34.6 Å². The molecule has 2 aromatic carbocycles. The van der Waals surface area contributed by atoms with Crippen LogP contribution >= 0.6 is 0 Å². The number of fused-ring (bicyclic) bond motifs is 12. The topological polar surface area (TPSA) is 217 Å². The third kappa shape index (κ3) is 11.2. The number of nitrogens with one attached hydrogen (secondary N) is 2. The Morgan fingerprint density at radius 1 is 0.662 bits per heavy atom. The maximum atomic E-state index is 13.4. The lowest BCUT2D eigenvalue weighted by Crippen LogP contribution is -2.53. The van der Waals surface area contributed by atoms with Gasteiger partial charge in [-0.3, -0.25) is 9.59 Å². The van der Waals surface area contributed by atoms with E-state index in [0.717, 1.165) is 80.4 Å². The SMILES string of the molecule is CC1(C)CC/C=C\Cn2c(=O)c3cnc(Nc4ccc(N5CC[N+](C)([O-])CC5)cc4)nc3n2-c2cccc1n2.COCc1cc(Nc2ncc3c(=O)n4n(c3n2)-c2cccc(n2)[C@](C)(O)CC/C=C\C4)ccc1N1CCN(C)CC1. The van der Waals surface area contributed by atoms with Gasteiger partial charge < -0.3 is 45.0 Å². The Labute approximate surface area is 464 Å². The predicted octanol–water partition coefficient (Wildman–Crippen LogP) is 7.29. The third-order valence-corrected chi connectivity index (χ3v) is 15.8. The van der Waals surface area contributed by atoms with E-state index in [1.165, 1.54) is 5.69 Å². The highest BCUT2D eigenvalue weighted by molar-refractivity contribution is 5.78. The molecule has 1 atom stereocenters. The van der Waals surface area contributed by atoms with Crippen molar-refractivity contribution in [3.05, 3.63) is 158 Å². The largest absolute Gasteiger partial charge is 0.633 e. The molecule has 4 aliphatic rings. The van der Waals surface area contributed by atoms with Crippen LogP contribution in [0.1, 0.15) is 63.4 Å².